The molecule has 1 unspecified atom stereocenters. The lowest BCUT2D eigenvalue weighted by atomic mass is 9.80. The summed E-state index contributed by atoms with van der Waals surface area (Å²) in [5, 5.41) is 2.99. The van der Waals surface area contributed by atoms with Gasteiger partial charge in [0.2, 0.25) is 0 Å². The van der Waals surface area contributed by atoms with E-state index in [9.17, 15) is 9.18 Å². The van der Waals surface area contributed by atoms with Gasteiger partial charge < -0.3 is 15.0 Å². The molecule has 1 aromatic rings. The number of hydrogen-bond acceptors (Lipinski definition) is 3. The first kappa shape index (κ1) is 17.7. The summed E-state index contributed by atoms with van der Waals surface area (Å²) in [6.45, 7) is 2.24. The lowest BCUT2D eigenvalue weighted by Crippen LogP contribution is -2.55. The first-order chi connectivity index (χ1) is 10.9. The summed E-state index contributed by atoms with van der Waals surface area (Å²) in [5.41, 5.74) is 0.0195. The minimum atomic E-state index is -0.727. The summed E-state index contributed by atoms with van der Waals surface area (Å²) in [4.78, 5) is 14.5. The fourth-order valence-electron chi connectivity index (χ4n) is 3.17. The number of para-hydroxylation sites is 1. The number of benzene rings is 1. The van der Waals surface area contributed by atoms with Crippen LogP contribution in [0, 0.1) is 5.82 Å². The quantitative estimate of drug-likeness (QED) is 0.875. The molecule has 2 rings (SSSR count). The standard InChI is InChI=1S/C18H27FN2O2/c1-14(23-16-10-6-5-9-15(16)19)17(22)20-13-18(21(2)3)11-7-4-8-12-18/h5-6,9-10,14H,4,7-8,11-13H2,1-3H3,(H,20,22). The van der Waals surface area contributed by atoms with E-state index in [1.165, 1.54) is 31.4 Å². The number of halogens is 1. The zero-order chi connectivity index (χ0) is 16.9. The maximum atomic E-state index is 13.6. The second kappa shape index (κ2) is 7.77. The van der Waals surface area contributed by atoms with E-state index >= 15 is 0 Å². The molecule has 1 aromatic carbocycles. The van der Waals surface area contributed by atoms with E-state index in [4.69, 9.17) is 4.74 Å². The van der Waals surface area contributed by atoms with Crippen LogP contribution < -0.4 is 10.1 Å². The van der Waals surface area contributed by atoms with Crippen molar-refractivity contribution in [3.63, 3.8) is 0 Å². The van der Waals surface area contributed by atoms with Crippen molar-refractivity contribution in [1.29, 1.82) is 0 Å². The van der Waals surface area contributed by atoms with Gasteiger partial charge >= 0.3 is 0 Å². The Kier molecular flexibility index (Phi) is 5.99. The van der Waals surface area contributed by atoms with Gasteiger partial charge in [0, 0.05) is 12.1 Å². The van der Waals surface area contributed by atoms with Crippen molar-refractivity contribution in [2.24, 2.45) is 0 Å². The Balaban J connectivity index is 1.91. The average molecular weight is 322 g/mol. The first-order valence-electron chi connectivity index (χ1n) is 8.31. The van der Waals surface area contributed by atoms with Gasteiger partial charge in [-0.2, -0.15) is 0 Å². The number of rotatable bonds is 6. The third-order valence-electron chi connectivity index (χ3n) is 4.83. The van der Waals surface area contributed by atoms with Gasteiger partial charge in [0.05, 0.1) is 0 Å². The van der Waals surface area contributed by atoms with Crippen LogP contribution in [0.4, 0.5) is 4.39 Å². The van der Waals surface area contributed by atoms with Gasteiger partial charge in [-0.1, -0.05) is 31.4 Å². The van der Waals surface area contributed by atoms with Crippen molar-refractivity contribution in [3.05, 3.63) is 30.1 Å². The van der Waals surface area contributed by atoms with E-state index in [-0.39, 0.29) is 17.2 Å². The number of ether oxygens (including phenoxy) is 1. The van der Waals surface area contributed by atoms with Crippen molar-refractivity contribution in [3.8, 4) is 5.75 Å². The summed E-state index contributed by atoms with van der Waals surface area (Å²) in [5.74, 6) is -0.556. The van der Waals surface area contributed by atoms with Gasteiger partial charge in [-0.15, -0.1) is 0 Å². The Labute approximate surface area is 138 Å². The molecular formula is C18H27FN2O2. The molecule has 0 heterocycles. The first-order valence-corrected chi connectivity index (χ1v) is 8.31. The molecule has 0 saturated heterocycles. The van der Waals surface area contributed by atoms with Crippen LogP contribution in [0.5, 0.6) is 5.75 Å². The molecule has 0 spiro atoms. The van der Waals surface area contributed by atoms with Crippen LogP contribution in [-0.4, -0.2) is 43.1 Å². The Hall–Kier alpha value is -1.62. The van der Waals surface area contributed by atoms with Crippen LogP contribution >= 0.6 is 0 Å². The van der Waals surface area contributed by atoms with Crippen molar-refractivity contribution >= 4 is 5.91 Å². The third-order valence-corrected chi connectivity index (χ3v) is 4.83. The normalized spacial score (nSPS) is 18.5. The molecule has 1 aliphatic rings. The number of hydrogen-bond donors (Lipinski definition) is 1. The molecule has 23 heavy (non-hydrogen) atoms. The van der Waals surface area contributed by atoms with Crippen LogP contribution in [0.15, 0.2) is 24.3 Å². The van der Waals surface area contributed by atoms with Crippen molar-refractivity contribution in [1.82, 2.24) is 10.2 Å². The molecule has 4 nitrogen and oxygen atoms in total. The van der Waals surface area contributed by atoms with Crippen molar-refractivity contribution in [2.75, 3.05) is 20.6 Å². The van der Waals surface area contributed by atoms with Crippen LogP contribution in [0.3, 0.4) is 0 Å². The van der Waals surface area contributed by atoms with E-state index in [1.807, 2.05) is 0 Å². The summed E-state index contributed by atoms with van der Waals surface area (Å²) in [6, 6.07) is 6.13. The molecule has 0 radical (unpaired) electrons. The fourth-order valence-corrected chi connectivity index (χ4v) is 3.17. The van der Waals surface area contributed by atoms with E-state index in [0.29, 0.717) is 6.54 Å². The number of nitrogens with one attached hydrogen (secondary N) is 1. The third kappa shape index (κ3) is 4.44. The van der Waals surface area contributed by atoms with Crippen LogP contribution in [-0.2, 0) is 4.79 Å². The van der Waals surface area contributed by atoms with Gasteiger partial charge in [-0.3, -0.25) is 4.79 Å². The van der Waals surface area contributed by atoms with E-state index in [1.54, 1.807) is 19.1 Å². The summed E-state index contributed by atoms with van der Waals surface area (Å²) >= 11 is 0. The number of nitrogens with zero attached hydrogens (tertiary/aromatic N) is 1. The molecule has 1 N–H and O–H groups in total. The van der Waals surface area contributed by atoms with Crippen molar-refractivity contribution in [2.45, 2.75) is 50.7 Å². The van der Waals surface area contributed by atoms with Gasteiger partial charge in [-0.25, -0.2) is 4.39 Å². The van der Waals surface area contributed by atoms with Gasteiger partial charge in [-0.05, 0) is 46.0 Å². The van der Waals surface area contributed by atoms with E-state index in [2.05, 4.69) is 24.3 Å². The van der Waals surface area contributed by atoms with Crippen LogP contribution in [0.2, 0.25) is 0 Å². The second-order valence-electron chi connectivity index (χ2n) is 6.59. The highest BCUT2D eigenvalue weighted by molar-refractivity contribution is 5.80. The Morgan fingerprint density at radius 3 is 2.57 bits per heavy atom. The molecule has 1 atom stereocenters. The van der Waals surface area contributed by atoms with Crippen LogP contribution in [0.1, 0.15) is 39.0 Å². The van der Waals surface area contributed by atoms with Gasteiger partial charge in [0.15, 0.2) is 17.7 Å². The second-order valence-corrected chi connectivity index (χ2v) is 6.59. The fraction of sp³-hybridized carbons (Fsp3) is 0.611. The minimum Gasteiger partial charge on any atom is -0.478 e. The Bertz CT molecular complexity index is 528. The molecule has 1 saturated carbocycles. The SMILES string of the molecule is CC(Oc1ccccc1F)C(=O)NCC1(N(C)C)CCCCC1. The molecular weight excluding hydrogens is 295 g/mol. The largest absolute Gasteiger partial charge is 0.478 e. The lowest BCUT2D eigenvalue weighted by molar-refractivity contribution is -0.128. The number of carbonyl (C=O) groups excluding carboxylic acids is 1. The predicted octanol–water partition coefficient (Wildman–Crippen LogP) is 2.97. The molecule has 1 fully saturated rings. The topological polar surface area (TPSA) is 41.6 Å². The summed E-state index contributed by atoms with van der Waals surface area (Å²) in [7, 11) is 4.13. The van der Waals surface area contributed by atoms with Crippen molar-refractivity contribution < 1.29 is 13.9 Å². The van der Waals surface area contributed by atoms with Gasteiger partial charge in [0.1, 0.15) is 0 Å². The predicted molar refractivity (Wildman–Crippen MR) is 89.0 cm³/mol. The highest BCUT2D eigenvalue weighted by Gasteiger charge is 2.34. The van der Waals surface area contributed by atoms with Gasteiger partial charge in [0.25, 0.3) is 5.91 Å². The smallest absolute Gasteiger partial charge is 0.260 e. The molecule has 128 valence electrons. The number of carbonyl (C=O) groups is 1. The Morgan fingerprint density at radius 2 is 1.96 bits per heavy atom. The Morgan fingerprint density at radius 1 is 1.30 bits per heavy atom. The number of amides is 1. The highest BCUT2D eigenvalue weighted by atomic mass is 19.1. The number of likely N-dealkylation sites (N-methyl/N-ethyl adjacent to an activating group) is 1. The monoisotopic (exact) mass is 322 g/mol. The zero-order valence-corrected chi connectivity index (χ0v) is 14.3. The lowest BCUT2D eigenvalue weighted by Gasteiger charge is -2.43. The zero-order valence-electron chi connectivity index (χ0n) is 14.3. The average Bonchev–Trinajstić information content (AvgIpc) is 2.55. The minimum absolute atomic E-state index is 0.0195. The summed E-state index contributed by atoms with van der Waals surface area (Å²) in [6.07, 6.45) is 5.09. The summed E-state index contributed by atoms with van der Waals surface area (Å²) < 4.78 is 19.0. The molecule has 0 aromatic heterocycles. The highest BCUT2D eigenvalue weighted by Crippen LogP contribution is 2.31. The van der Waals surface area contributed by atoms with E-state index < -0.39 is 11.9 Å². The van der Waals surface area contributed by atoms with E-state index in [0.717, 1.165) is 12.8 Å². The maximum Gasteiger partial charge on any atom is 0.260 e. The van der Waals surface area contributed by atoms with Crippen LogP contribution in [0.25, 0.3) is 0 Å². The molecule has 1 aliphatic carbocycles. The molecule has 0 aliphatic heterocycles. The molecule has 1 amide bonds. The molecule has 0 bridgehead atoms. The maximum absolute atomic E-state index is 13.6. The molecule has 5 heteroatoms.